The number of nitrogens with zero attached hydrogens (tertiary/aromatic N) is 1. The number of carboxylic acids is 1. The van der Waals surface area contributed by atoms with Gasteiger partial charge in [0.25, 0.3) is 0 Å². The van der Waals surface area contributed by atoms with Crippen LogP contribution >= 0.6 is 11.8 Å². The first-order valence-corrected chi connectivity index (χ1v) is 13.0. The van der Waals surface area contributed by atoms with Crippen molar-refractivity contribution in [1.82, 2.24) is 10.2 Å². The van der Waals surface area contributed by atoms with Crippen molar-refractivity contribution >= 4 is 29.7 Å². The van der Waals surface area contributed by atoms with Gasteiger partial charge in [-0.3, -0.25) is 4.79 Å². The highest BCUT2D eigenvalue weighted by atomic mass is 32.2. The van der Waals surface area contributed by atoms with Crippen LogP contribution in [0.3, 0.4) is 0 Å². The molecular weight excluding hydrogens is 468 g/mol. The zero-order valence-electron chi connectivity index (χ0n) is 19.6. The molecule has 8 nitrogen and oxygen atoms in total. The van der Waals surface area contributed by atoms with E-state index in [0.29, 0.717) is 24.7 Å². The maximum Gasteiger partial charge on any atom is 0.407 e. The number of ether oxygens (including phenoxy) is 2. The fourth-order valence-corrected chi connectivity index (χ4v) is 5.73. The number of benzene rings is 2. The number of rotatable bonds is 9. The van der Waals surface area contributed by atoms with Gasteiger partial charge in [-0.05, 0) is 29.2 Å². The van der Waals surface area contributed by atoms with Crippen molar-refractivity contribution in [3.8, 4) is 11.1 Å². The quantitative estimate of drug-likeness (QED) is 0.546. The SMILES string of the molecule is CCOC(CNC(=O)OCC1c2ccccc2-c2ccccc21)CC(=O)N1CCSCC1C(=O)O. The van der Waals surface area contributed by atoms with Gasteiger partial charge in [0.1, 0.15) is 12.6 Å². The first-order chi connectivity index (χ1) is 17.0. The molecular formula is C26H30N2O6S. The predicted octanol–water partition coefficient (Wildman–Crippen LogP) is 3.35. The monoisotopic (exact) mass is 498 g/mol. The van der Waals surface area contributed by atoms with Gasteiger partial charge in [-0.1, -0.05) is 48.5 Å². The van der Waals surface area contributed by atoms with E-state index in [4.69, 9.17) is 9.47 Å². The van der Waals surface area contributed by atoms with Crippen molar-refractivity contribution in [2.45, 2.75) is 31.4 Å². The van der Waals surface area contributed by atoms with Crippen LogP contribution in [0.25, 0.3) is 11.1 Å². The zero-order chi connectivity index (χ0) is 24.8. The van der Waals surface area contributed by atoms with Gasteiger partial charge in [0.2, 0.25) is 5.91 Å². The number of carbonyl (C=O) groups excluding carboxylic acids is 2. The van der Waals surface area contributed by atoms with Crippen molar-refractivity contribution in [3.63, 3.8) is 0 Å². The molecule has 9 heteroatoms. The zero-order valence-corrected chi connectivity index (χ0v) is 20.5. The Bertz CT molecular complexity index is 1030. The summed E-state index contributed by atoms with van der Waals surface area (Å²) in [5.41, 5.74) is 4.57. The number of nitrogens with one attached hydrogen (secondary N) is 1. The fourth-order valence-electron chi connectivity index (χ4n) is 4.69. The van der Waals surface area contributed by atoms with Crippen molar-refractivity contribution in [2.24, 2.45) is 0 Å². The number of thioether (sulfide) groups is 1. The lowest BCUT2D eigenvalue weighted by atomic mass is 9.98. The lowest BCUT2D eigenvalue weighted by Gasteiger charge is -2.33. The summed E-state index contributed by atoms with van der Waals surface area (Å²) in [6.07, 6.45) is -1.16. The van der Waals surface area contributed by atoms with Crippen LogP contribution in [0.5, 0.6) is 0 Å². The van der Waals surface area contributed by atoms with Gasteiger partial charge in [-0.15, -0.1) is 0 Å². The number of carbonyl (C=O) groups is 3. The van der Waals surface area contributed by atoms with E-state index in [0.717, 1.165) is 22.3 Å². The molecule has 2 aromatic rings. The average molecular weight is 499 g/mol. The van der Waals surface area contributed by atoms with Crippen LogP contribution in [0.2, 0.25) is 0 Å². The minimum absolute atomic E-state index is 0.00799. The summed E-state index contributed by atoms with van der Waals surface area (Å²) < 4.78 is 11.2. The highest BCUT2D eigenvalue weighted by molar-refractivity contribution is 7.99. The first-order valence-electron chi connectivity index (χ1n) is 11.8. The molecule has 2 aromatic carbocycles. The molecule has 4 rings (SSSR count). The van der Waals surface area contributed by atoms with Crippen molar-refractivity contribution in [1.29, 1.82) is 0 Å². The van der Waals surface area contributed by atoms with E-state index >= 15 is 0 Å². The van der Waals surface area contributed by atoms with E-state index in [1.807, 2.05) is 31.2 Å². The molecule has 35 heavy (non-hydrogen) atoms. The third-order valence-corrected chi connectivity index (χ3v) is 7.38. The molecule has 0 aromatic heterocycles. The van der Waals surface area contributed by atoms with Gasteiger partial charge >= 0.3 is 12.1 Å². The summed E-state index contributed by atoms with van der Waals surface area (Å²) in [6, 6.07) is 15.4. The maximum atomic E-state index is 12.8. The normalized spacial score (nSPS) is 17.9. The highest BCUT2D eigenvalue weighted by Gasteiger charge is 2.33. The van der Waals surface area contributed by atoms with Crippen molar-refractivity contribution in [3.05, 3.63) is 59.7 Å². The lowest BCUT2D eigenvalue weighted by molar-refractivity contribution is -0.150. The third kappa shape index (κ3) is 5.79. The topological polar surface area (TPSA) is 105 Å². The van der Waals surface area contributed by atoms with E-state index in [1.54, 1.807) is 0 Å². The minimum Gasteiger partial charge on any atom is -0.480 e. The summed E-state index contributed by atoms with van der Waals surface area (Å²) in [4.78, 5) is 38.2. The molecule has 2 aliphatic rings. The number of hydrogen-bond acceptors (Lipinski definition) is 6. The molecule has 0 bridgehead atoms. The average Bonchev–Trinajstić information content (AvgIpc) is 3.19. The molecule has 0 radical (unpaired) electrons. The second-order valence-electron chi connectivity index (χ2n) is 8.50. The molecule has 0 spiro atoms. The third-order valence-electron chi connectivity index (χ3n) is 6.36. The number of fused-ring (bicyclic) bond motifs is 3. The van der Waals surface area contributed by atoms with Crippen LogP contribution in [-0.2, 0) is 19.1 Å². The fraction of sp³-hybridized carbons (Fsp3) is 0.423. The molecule has 1 heterocycles. The summed E-state index contributed by atoms with van der Waals surface area (Å²) >= 11 is 1.52. The van der Waals surface area contributed by atoms with Gasteiger partial charge in [-0.25, -0.2) is 9.59 Å². The molecule has 2 atom stereocenters. The Morgan fingerprint density at radius 3 is 2.40 bits per heavy atom. The highest BCUT2D eigenvalue weighted by Crippen LogP contribution is 2.44. The molecule has 1 fully saturated rings. The molecule has 1 aliphatic carbocycles. The first kappa shape index (κ1) is 25.1. The van der Waals surface area contributed by atoms with Crippen LogP contribution in [0.1, 0.15) is 30.4 Å². The van der Waals surface area contributed by atoms with Crippen molar-refractivity contribution < 1.29 is 29.0 Å². The molecule has 1 aliphatic heterocycles. The number of alkyl carbamates (subject to hydrolysis) is 1. The summed E-state index contributed by atoms with van der Waals surface area (Å²) in [5.74, 6) is -0.256. The van der Waals surface area contributed by atoms with Gasteiger partial charge in [0.05, 0.1) is 12.5 Å². The van der Waals surface area contributed by atoms with Crippen molar-refractivity contribution in [2.75, 3.05) is 37.8 Å². The van der Waals surface area contributed by atoms with Gasteiger partial charge in [0.15, 0.2) is 0 Å². The van der Waals surface area contributed by atoms with E-state index in [9.17, 15) is 19.5 Å². The Hall–Kier alpha value is -3.04. The number of carboxylic acid groups (broad SMARTS) is 1. The Labute approximate surface area is 209 Å². The van der Waals surface area contributed by atoms with Crippen LogP contribution in [0.4, 0.5) is 4.79 Å². The Morgan fingerprint density at radius 1 is 1.11 bits per heavy atom. The number of hydrogen-bond donors (Lipinski definition) is 2. The number of amides is 2. The van der Waals surface area contributed by atoms with Crippen LogP contribution < -0.4 is 5.32 Å². The van der Waals surface area contributed by atoms with E-state index in [1.165, 1.54) is 16.7 Å². The largest absolute Gasteiger partial charge is 0.480 e. The second kappa shape index (κ2) is 11.6. The van der Waals surface area contributed by atoms with Crippen LogP contribution in [0.15, 0.2) is 48.5 Å². The second-order valence-corrected chi connectivity index (χ2v) is 9.65. The predicted molar refractivity (Wildman–Crippen MR) is 134 cm³/mol. The Balaban J connectivity index is 1.31. The van der Waals surface area contributed by atoms with Gasteiger partial charge in [0, 0.05) is 37.1 Å². The standard InChI is InChI=1S/C26H30N2O6S/c1-2-33-17(13-24(29)28-11-12-35-16-23(28)25(30)31)14-27-26(32)34-15-22-20-9-5-3-7-18(20)19-8-4-6-10-21(19)22/h3-10,17,22-23H,2,11-16H2,1H3,(H,27,32)(H,30,31). The van der Waals surface area contributed by atoms with Gasteiger partial charge in [-0.2, -0.15) is 11.8 Å². The molecule has 0 saturated carbocycles. The van der Waals surface area contributed by atoms with Gasteiger partial charge < -0.3 is 24.8 Å². The smallest absolute Gasteiger partial charge is 0.407 e. The lowest BCUT2D eigenvalue weighted by Crippen LogP contribution is -2.51. The summed E-state index contributed by atoms with van der Waals surface area (Å²) in [5, 5.41) is 12.1. The maximum absolute atomic E-state index is 12.8. The van der Waals surface area contributed by atoms with E-state index in [-0.39, 0.29) is 31.4 Å². The minimum atomic E-state index is -1.00. The Kier molecular flexibility index (Phi) is 8.30. The van der Waals surface area contributed by atoms with E-state index in [2.05, 4.69) is 29.6 Å². The van der Waals surface area contributed by atoms with E-state index < -0.39 is 24.2 Å². The Morgan fingerprint density at radius 2 is 1.77 bits per heavy atom. The molecule has 1 saturated heterocycles. The molecule has 2 unspecified atom stereocenters. The number of aliphatic carboxylic acids is 1. The molecule has 2 amide bonds. The molecule has 2 N–H and O–H groups in total. The van der Waals surface area contributed by atoms with Crippen LogP contribution in [-0.4, -0.2) is 77.9 Å². The summed E-state index contributed by atoms with van der Waals surface area (Å²) in [6.45, 7) is 2.85. The molecule has 186 valence electrons. The summed E-state index contributed by atoms with van der Waals surface area (Å²) in [7, 11) is 0. The van der Waals surface area contributed by atoms with Crippen LogP contribution in [0, 0.1) is 0 Å².